The van der Waals surface area contributed by atoms with Crippen molar-refractivity contribution in [1.29, 1.82) is 0 Å². The standard InChI is InChI=1S/C8H13NS2/c1-11-8-4-2-3-7(5-8)9-6-10/h7-8H,2-5H2,1H3. The highest BCUT2D eigenvalue weighted by atomic mass is 32.2. The summed E-state index contributed by atoms with van der Waals surface area (Å²) in [6.45, 7) is 0. The van der Waals surface area contributed by atoms with Crippen LogP contribution in [0.15, 0.2) is 4.99 Å². The van der Waals surface area contributed by atoms with Gasteiger partial charge >= 0.3 is 0 Å². The van der Waals surface area contributed by atoms with Gasteiger partial charge in [0.2, 0.25) is 0 Å². The molecule has 1 nitrogen and oxygen atoms in total. The fourth-order valence-corrected chi connectivity index (χ4v) is 2.49. The second kappa shape index (κ2) is 4.91. The van der Waals surface area contributed by atoms with Gasteiger partial charge in [-0.3, -0.25) is 0 Å². The van der Waals surface area contributed by atoms with E-state index in [2.05, 4.69) is 28.6 Å². The van der Waals surface area contributed by atoms with Crippen LogP contribution < -0.4 is 0 Å². The molecule has 0 aliphatic heterocycles. The summed E-state index contributed by atoms with van der Waals surface area (Å²) < 4.78 is 0. The van der Waals surface area contributed by atoms with E-state index in [0.717, 1.165) is 5.25 Å². The first-order valence-electron chi connectivity index (χ1n) is 3.96. The molecule has 1 saturated carbocycles. The van der Waals surface area contributed by atoms with E-state index in [1.807, 2.05) is 11.8 Å². The van der Waals surface area contributed by atoms with Crippen LogP contribution >= 0.6 is 24.0 Å². The molecule has 0 aromatic heterocycles. The second-order valence-electron chi connectivity index (χ2n) is 2.90. The lowest BCUT2D eigenvalue weighted by Gasteiger charge is -2.24. The van der Waals surface area contributed by atoms with E-state index in [9.17, 15) is 0 Å². The van der Waals surface area contributed by atoms with Gasteiger partial charge < -0.3 is 0 Å². The Kier molecular flexibility index (Phi) is 4.13. The summed E-state index contributed by atoms with van der Waals surface area (Å²) in [5.74, 6) is 0. The van der Waals surface area contributed by atoms with Crippen LogP contribution in [0.4, 0.5) is 0 Å². The zero-order valence-electron chi connectivity index (χ0n) is 6.75. The minimum atomic E-state index is 0.471. The summed E-state index contributed by atoms with van der Waals surface area (Å²) in [6, 6.07) is 0.471. The molecule has 0 saturated heterocycles. The maximum Gasteiger partial charge on any atom is 0.0613 e. The SMILES string of the molecule is CSC1CCCC(N=C=S)C1. The number of isothiocyanates is 1. The first kappa shape index (κ1) is 9.24. The molecule has 1 rings (SSSR count). The Morgan fingerprint density at radius 2 is 2.36 bits per heavy atom. The van der Waals surface area contributed by atoms with Crippen molar-refractivity contribution in [1.82, 2.24) is 0 Å². The summed E-state index contributed by atoms with van der Waals surface area (Å²) >= 11 is 6.54. The number of hydrogen-bond acceptors (Lipinski definition) is 3. The average molecular weight is 187 g/mol. The van der Waals surface area contributed by atoms with Gasteiger partial charge in [-0.2, -0.15) is 11.8 Å². The minimum absolute atomic E-state index is 0.471. The van der Waals surface area contributed by atoms with Crippen molar-refractivity contribution in [3.8, 4) is 0 Å². The average Bonchev–Trinajstić information content (AvgIpc) is 2.06. The predicted molar refractivity (Wildman–Crippen MR) is 54.6 cm³/mol. The molecular formula is C8H13NS2. The molecule has 1 fully saturated rings. The molecule has 0 radical (unpaired) electrons. The van der Waals surface area contributed by atoms with Gasteiger partial charge in [-0.05, 0) is 37.7 Å². The number of hydrogen-bond donors (Lipinski definition) is 0. The Hall–Kier alpha value is 0.150. The molecule has 1 aliphatic rings. The summed E-state index contributed by atoms with van der Waals surface area (Å²) in [5, 5.41) is 3.29. The highest BCUT2D eigenvalue weighted by Gasteiger charge is 2.19. The smallest absolute Gasteiger partial charge is 0.0613 e. The fourth-order valence-electron chi connectivity index (χ4n) is 1.53. The maximum atomic E-state index is 4.58. The summed E-state index contributed by atoms with van der Waals surface area (Å²) in [4.78, 5) is 4.13. The number of rotatable bonds is 2. The monoisotopic (exact) mass is 187 g/mol. The molecule has 2 unspecified atom stereocenters. The molecule has 0 heterocycles. The Labute approximate surface area is 77.7 Å². The molecule has 0 spiro atoms. The largest absolute Gasteiger partial charge is 0.229 e. The Balaban J connectivity index is 2.38. The van der Waals surface area contributed by atoms with Gasteiger partial charge in [0.1, 0.15) is 0 Å². The Morgan fingerprint density at radius 3 is 3.00 bits per heavy atom. The molecule has 2 atom stereocenters. The molecule has 3 heteroatoms. The van der Waals surface area contributed by atoms with Crippen LogP contribution in [0.2, 0.25) is 0 Å². The third-order valence-corrected chi connectivity index (χ3v) is 3.37. The highest BCUT2D eigenvalue weighted by Crippen LogP contribution is 2.28. The second-order valence-corrected chi connectivity index (χ2v) is 4.22. The van der Waals surface area contributed by atoms with Gasteiger partial charge in [0.15, 0.2) is 0 Å². The van der Waals surface area contributed by atoms with E-state index < -0.39 is 0 Å². The fraction of sp³-hybridized carbons (Fsp3) is 0.875. The molecule has 0 N–H and O–H groups in total. The van der Waals surface area contributed by atoms with Crippen molar-refractivity contribution in [2.24, 2.45) is 4.99 Å². The summed E-state index contributed by atoms with van der Waals surface area (Å²) in [5.41, 5.74) is 0. The van der Waals surface area contributed by atoms with Crippen molar-refractivity contribution >= 4 is 29.1 Å². The highest BCUT2D eigenvalue weighted by molar-refractivity contribution is 7.99. The molecular weight excluding hydrogens is 174 g/mol. The van der Waals surface area contributed by atoms with Crippen molar-refractivity contribution in [3.63, 3.8) is 0 Å². The first-order valence-corrected chi connectivity index (χ1v) is 5.66. The zero-order valence-corrected chi connectivity index (χ0v) is 8.38. The lowest BCUT2D eigenvalue weighted by atomic mass is 9.96. The summed E-state index contributed by atoms with van der Waals surface area (Å²) in [6.07, 6.45) is 7.24. The van der Waals surface area contributed by atoms with E-state index in [0.29, 0.717) is 6.04 Å². The van der Waals surface area contributed by atoms with Crippen molar-refractivity contribution < 1.29 is 0 Å². The molecule has 0 aromatic rings. The topological polar surface area (TPSA) is 12.4 Å². The van der Waals surface area contributed by atoms with E-state index in [1.165, 1.54) is 25.7 Å². The lowest BCUT2D eigenvalue weighted by Crippen LogP contribution is -2.19. The minimum Gasteiger partial charge on any atom is -0.229 e. The van der Waals surface area contributed by atoms with Gasteiger partial charge in [0, 0.05) is 5.25 Å². The lowest BCUT2D eigenvalue weighted by molar-refractivity contribution is 0.455. The van der Waals surface area contributed by atoms with Crippen LogP contribution in [0, 0.1) is 0 Å². The van der Waals surface area contributed by atoms with E-state index >= 15 is 0 Å². The Bertz CT molecular complexity index is 163. The van der Waals surface area contributed by atoms with Gasteiger partial charge in [-0.1, -0.05) is 6.42 Å². The molecule has 0 aromatic carbocycles. The van der Waals surface area contributed by atoms with E-state index in [4.69, 9.17) is 0 Å². The number of nitrogens with zero attached hydrogens (tertiary/aromatic N) is 1. The molecule has 0 amide bonds. The van der Waals surface area contributed by atoms with Crippen molar-refractivity contribution in [2.75, 3.05) is 6.26 Å². The van der Waals surface area contributed by atoms with Crippen LogP contribution in [0.25, 0.3) is 0 Å². The van der Waals surface area contributed by atoms with Crippen molar-refractivity contribution in [3.05, 3.63) is 0 Å². The van der Waals surface area contributed by atoms with Gasteiger partial charge in [-0.15, -0.1) is 0 Å². The third kappa shape index (κ3) is 2.94. The van der Waals surface area contributed by atoms with Crippen LogP contribution in [0.1, 0.15) is 25.7 Å². The zero-order chi connectivity index (χ0) is 8.10. The number of aliphatic imine (C=N–C) groups is 1. The summed E-state index contributed by atoms with van der Waals surface area (Å²) in [7, 11) is 0. The first-order chi connectivity index (χ1) is 5.36. The Morgan fingerprint density at radius 1 is 1.55 bits per heavy atom. The maximum absolute atomic E-state index is 4.58. The normalized spacial score (nSPS) is 31.0. The number of thioether (sulfide) groups is 1. The van der Waals surface area contributed by atoms with E-state index in [-0.39, 0.29) is 0 Å². The van der Waals surface area contributed by atoms with Crippen LogP contribution in [0.5, 0.6) is 0 Å². The molecule has 11 heavy (non-hydrogen) atoms. The molecule has 62 valence electrons. The molecule has 0 bridgehead atoms. The quantitative estimate of drug-likeness (QED) is 0.487. The van der Waals surface area contributed by atoms with Crippen LogP contribution in [0.3, 0.4) is 0 Å². The van der Waals surface area contributed by atoms with Gasteiger partial charge in [0.05, 0.1) is 11.2 Å². The third-order valence-electron chi connectivity index (χ3n) is 2.17. The van der Waals surface area contributed by atoms with Gasteiger partial charge in [-0.25, -0.2) is 4.99 Å². The molecule has 1 aliphatic carbocycles. The van der Waals surface area contributed by atoms with E-state index in [1.54, 1.807) is 0 Å². The van der Waals surface area contributed by atoms with Crippen molar-refractivity contribution in [2.45, 2.75) is 37.0 Å². The number of thiocarbonyl (C=S) groups is 1. The van der Waals surface area contributed by atoms with Gasteiger partial charge in [0.25, 0.3) is 0 Å². The van der Waals surface area contributed by atoms with Crippen LogP contribution in [-0.2, 0) is 0 Å². The predicted octanol–water partition coefficient (Wildman–Crippen LogP) is 2.76. The van der Waals surface area contributed by atoms with Crippen LogP contribution in [-0.4, -0.2) is 22.7 Å².